The largest absolute Gasteiger partial charge is 0.289 e. The van der Waals surface area contributed by atoms with E-state index in [9.17, 15) is 13.2 Å². The van der Waals surface area contributed by atoms with Crippen LogP contribution in [0.1, 0.15) is 32.6 Å². The minimum atomic E-state index is -3.69. The molecule has 0 saturated carbocycles. The van der Waals surface area contributed by atoms with Crippen molar-refractivity contribution in [1.82, 2.24) is 0 Å². The predicted molar refractivity (Wildman–Crippen MR) is 131 cm³/mol. The lowest BCUT2D eigenvalue weighted by atomic mass is 9.99. The molecule has 33 heavy (non-hydrogen) atoms. The van der Waals surface area contributed by atoms with Crippen molar-refractivity contribution in [3.63, 3.8) is 0 Å². The maximum Gasteiger partial charge on any atom is 0.193 e. The van der Waals surface area contributed by atoms with Crippen molar-refractivity contribution in [2.75, 3.05) is 0 Å². The fourth-order valence-electron chi connectivity index (χ4n) is 3.33. The first kappa shape index (κ1) is 22.5. The van der Waals surface area contributed by atoms with Gasteiger partial charge in [-0.25, -0.2) is 8.42 Å². The molecule has 0 heterocycles. The zero-order valence-corrected chi connectivity index (χ0v) is 19.1. The Morgan fingerprint density at radius 2 is 1.30 bits per heavy atom. The van der Waals surface area contributed by atoms with Gasteiger partial charge >= 0.3 is 0 Å². The van der Waals surface area contributed by atoms with E-state index in [1.54, 1.807) is 60.7 Å². The van der Waals surface area contributed by atoms with Crippen LogP contribution in [0.4, 0.5) is 0 Å². The first-order chi connectivity index (χ1) is 15.9. The Bertz CT molecular complexity index is 1450. The topological polar surface area (TPSA) is 51.2 Å². The molecule has 0 aromatic heterocycles. The van der Waals surface area contributed by atoms with E-state index < -0.39 is 9.84 Å². The molecule has 0 radical (unpaired) electrons. The third-order valence-corrected chi connectivity index (χ3v) is 6.95. The fraction of sp³-hybridized carbons (Fsp3) is 0.0357. The van der Waals surface area contributed by atoms with Gasteiger partial charge in [-0.2, -0.15) is 0 Å². The number of halogens is 1. The Kier molecular flexibility index (Phi) is 6.74. The summed E-state index contributed by atoms with van der Waals surface area (Å²) in [5, 5.41) is 0.372. The molecule has 162 valence electrons. The highest BCUT2D eigenvalue weighted by Gasteiger charge is 2.21. The van der Waals surface area contributed by atoms with Crippen LogP contribution in [0, 0.1) is 11.8 Å². The number of benzene rings is 4. The van der Waals surface area contributed by atoms with Crippen molar-refractivity contribution in [2.45, 2.75) is 10.6 Å². The van der Waals surface area contributed by atoms with E-state index in [1.165, 1.54) is 6.07 Å². The SMILES string of the molecule is O=C(c1ccccc1)c1cc(Cl)ccc1CS(=O)(=O)c1ccc(C#Cc2ccccc2)cc1. The number of hydrogen-bond donors (Lipinski definition) is 0. The summed E-state index contributed by atoms with van der Waals surface area (Å²) in [6, 6.07) is 29.4. The van der Waals surface area contributed by atoms with Crippen molar-refractivity contribution < 1.29 is 13.2 Å². The molecule has 0 spiro atoms. The van der Waals surface area contributed by atoms with E-state index in [0.29, 0.717) is 21.7 Å². The second kappa shape index (κ2) is 9.87. The molecule has 4 rings (SSSR count). The van der Waals surface area contributed by atoms with Gasteiger partial charge in [-0.15, -0.1) is 0 Å². The van der Waals surface area contributed by atoms with Gasteiger partial charge in [0.15, 0.2) is 15.6 Å². The van der Waals surface area contributed by atoms with Gasteiger partial charge in [0.2, 0.25) is 0 Å². The van der Waals surface area contributed by atoms with Crippen molar-refractivity contribution in [2.24, 2.45) is 0 Å². The van der Waals surface area contributed by atoms with Crippen LogP contribution >= 0.6 is 11.6 Å². The Labute approximate surface area is 198 Å². The first-order valence-electron chi connectivity index (χ1n) is 10.2. The number of ketones is 1. The van der Waals surface area contributed by atoms with Crippen molar-refractivity contribution in [3.05, 3.63) is 136 Å². The molecule has 0 aliphatic heterocycles. The lowest BCUT2D eigenvalue weighted by Crippen LogP contribution is -2.11. The molecular formula is C28H19ClO3S. The molecule has 0 fully saturated rings. The van der Waals surface area contributed by atoms with Crippen LogP contribution in [0.5, 0.6) is 0 Å². The maximum atomic E-state index is 13.1. The lowest BCUT2D eigenvalue weighted by Gasteiger charge is -2.11. The summed E-state index contributed by atoms with van der Waals surface area (Å²) in [5.74, 6) is 5.50. The average molecular weight is 471 g/mol. The average Bonchev–Trinajstić information content (AvgIpc) is 2.85. The molecule has 0 saturated heterocycles. The van der Waals surface area contributed by atoms with E-state index in [2.05, 4.69) is 11.8 Å². The van der Waals surface area contributed by atoms with Gasteiger partial charge in [-0.05, 0) is 54.1 Å². The van der Waals surface area contributed by atoms with Crippen LogP contribution in [-0.2, 0) is 15.6 Å². The molecule has 4 aromatic rings. The summed E-state index contributed by atoms with van der Waals surface area (Å²) >= 11 is 6.11. The van der Waals surface area contributed by atoms with Crippen LogP contribution in [0.3, 0.4) is 0 Å². The highest BCUT2D eigenvalue weighted by Crippen LogP contribution is 2.24. The predicted octanol–water partition coefficient (Wildman–Crippen LogP) is 5.94. The summed E-state index contributed by atoms with van der Waals surface area (Å²) < 4.78 is 26.2. The van der Waals surface area contributed by atoms with Crippen LogP contribution in [-0.4, -0.2) is 14.2 Å². The fourth-order valence-corrected chi connectivity index (χ4v) is 4.88. The van der Waals surface area contributed by atoms with Gasteiger partial charge in [0.05, 0.1) is 10.6 Å². The molecule has 0 aliphatic carbocycles. The minimum absolute atomic E-state index is 0.167. The summed E-state index contributed by atoms with van der Waals surface area (Å²) in [5.41, 5.74) is 2.75. The summed E-state index contributed by atoms with van der Waals surface area (Å²) in [7, 11) is -3.69. The summed E-state index contributed by atoms with van der Waals surface area (Å²) in [6.45, 7) is 0. The molecule has 0 aliphatic rings. The molecule has 0 bridgehead atoms. The van der Waals surface area contributed by atoms with E-state index in [0.717, 1.165) is 5.56 Å². The summed E-state index contributed by atoms with van der Waals surface area (Å²) in [6.07, 6.45) is 0. The van der Waals surface area contributed by atoms with Crippen molar-refractivity contribution in [1.29, 1.82) is 0 Å². The maximum absolute atomic E-state index is 13.1. The van der Waals surface area contributed by atoms with Gasteiger partial charge in [0.1, 0.15) is 0 Å². The Morgan fingerprint density at radius 3 is 1.94 bits per heavy atom. The van der Waals surface area contributed by atoms with E-state index in [4.69, 9.17) is 11.6 Å². The Hall–Kier alpha value is -3.65. The van der Waals surface area contributed by atoms with Crippen LogP contribution in [0.25, 0.3) is 0 Å². The van der Waals surface area contributed by atoms with E-state index in [1.807, 2.05) is 36.4 Å². The monoisotopic (exact) mass is 470 g/mol. The Balaban J connectivity index is 1.59. The second-order valence-electron chi connectivity index (χ2n) is 7.40. The number of sulfone groups is 1. The van der Waals surface area contributed by atoms with Gasteiger partial charge < -0.3 is 0 Å². The van der Waals surface area contributed by atoms with Gasteiger partial charge in [0.25, 0.3) is 0 Å². The highest BCUT2D eigenvalue weighted by atomic mass is 35.5. The third kappa shape index (κ3) is 5.59. The molecule has 0 N–H and O–H groups in total. The molecular weight excluding hydrogens is 452 g/mol. The normalized spacial score (nSPS) is 10.8. The molecule has 5 heteroatoms. The smallest absolute Gasteiger partial charge is 0.193 e. The standard InChI is InChI=1S/C28H19ClO3S/c29-25-16-15-24(27(19-25)28(30)23-9-5-2-6-10-23)20-33(31,32)26-17-13-22(14-18-26)12-11-21-7-3-1-4-8-21/h1-10,13-19H,20H2. The Morgan fingerprint density at radius 1 is 0.727 bits per heavy atom. The number of carbonyl (C=O) groups is 1. The van der Waals surface area contributed by atoms with Crippen LogP contribution in [0.2, 0.25) is 5.02 Å². The van der Waals surface area contributed by atoms with Crippen molar-refractivity contribution >= 4 is 27.2 Å². The molecule has 3 nitrogen and oxygen atoms in total. The highest BCUT2D eigenvalue weighted by molar-refractivity contribution is 7.90. The summed E-state index contributed by atoms with van der Waals surface area (Å²) in [4.78, 5) is 13.2. The zero-order valence-electron chi connectivity index (χ0n) is 17.5. The second-order valence-corrected chi connectivity index (χ2v) is 9.82. The molecule has 0 amide bonds. The van der Waals surface area contributed by atoms with E-state index >= 15 is 0 Å². The first-order valence-corrected chi connectivity index (χ1v) is 12.2. The molecule has 0 atom stereocenters. The number of hydrogen-bond acceptors (Lipinski definition) is 3. The quantitative estimate of drug-likeness (QED) is 0.268. The minimum Gasteiger partial charge on any atom is -0.289 e. The van der Waals surface area contributed by atoms with Crippen LogP contribution in [0.15, 0.2) is 108 Å². The molecule has 0 unspecified atom stereocenters. The van der Waals surface area contributed by atoms with Crippen molar-refractivity contribution in [3.8, 4) is 11.8 Å². The number of rotatable bonds is 5. The van der Waals surface area contributed by atoms with Gasteiger partial charge in [-0.1, -0.05) is 78.0 Å². The van der Waals surface area contributed by atoms with E-state index in [-0.39, 0.29) is 22.0 Å². The van der Waals surface area contributed by atoms with Gasteiger partial charge in [-0.3, -0.25) is 4.79 Å². The molecule has 4 aromatic carbocycles. The number of carbonyl (C=O) groups excluding carboxylic acids is 1. The third-order valence-electron chi connectivity index (χ3n) is 5.04. The van der Waals surface area contributed by atoms with Gasteiger partial charge in [0, 0.05) is 27.3 Å². The lowest BCUT2D eigenvalue weighted by molar-refractivity contribution is 0.103. The van der Waals surface area contributed by atoms with Crippen LogP contribution < -0.4 is 0 Å². The zero-order chi connectivity index (χ0) is 23.3.